The third kappa shape index (κ3) is 5.29. The van der Waals surface area contributed by atoms with Crippen LogP contribution in [0.25, 0.3) is 11.0 Å². The fourth-order valence-electron chi connectivity index (χ4n) is 5.01. The van der Waals surface area contributed by atoms with Gasteiger partial charge in [-0.05, 0) is 68.9 Å². The van der Waals surface area contributed by atoms with Crippen molar-refractivity contribution < 1.29 is 19.4 Å². The first-order valence-electron chi connectivity index (χ1n) is 12.0. The molecule has 7 heteroatoms. The molecule has 0 radical (unpaired) electrons. The number of aliphatic carboxylic acids is 1. The number of methoxy groups -OCH3 is 1. The van der Waals surface area contributed by atoms with Crippen LogP contribution in [-0.2, 0) is 11.2 Å². The molecule has 0 bridgehead atoms. The maximum atomic E-state index is 11.4. The Labute approximate surface area is 201 Å². The molecule has 1 heterocycles. The molecule has 2 aromatic carbocycles. The Kier molecular flexibility index (Phi) is 6.73. The van der Waals surface area contributed by atoms with Crippen molar-refractivity contribution in [3.05, 3.63) is 42.0 Å². The first-order valence-corrected chi connectivity index (χ1v) is 12.0. The van der Waals surface area contributed by atoms with Crippen LogP contribution in [0.3, 0.4) is 0 Å². The zero-order chi connectivity index (χ0) is 24.5. The van der Waals surface area contributed by atoms with Crippen molar-refractivity contribution >= 4 is 28.6 Å². The van der Waals surface area contributed by atoms with Crippen LogP contribution in [0.1, 0.15) is 65.0 Å². The van der Waals surface area contributed by atoms with E-state index in [1.807, 2.05) is 50.2 Å². The van der Waals surface area contributed by atoms with Crippen LogP contribution in [0.2, 0.25) is 0 Å². The Balaban J connectivity index is 1.78. The van der Waals surface area contributed by atoms with Crippen molar-refractivity contribution in [2.24, 2.45) is 5.41 Å². The second-order valence-electron chi connectivity index (χ2n) is 10.3. The smallest absolute Gasteiger partial charge is 0.307 e. The molecule has 4 rings (SSSR count). The lowest BCUT2D eigenvalue weighted by Gasteiger charge is -2.36. The fraction of sp³-hybridized carbons (Fsp3) is 0.481. The number of hydrogen-bond acceptors (Lipinski definition) is 5. The van der Waals surface area contributed by atoms with E-state index in [0.29, 0.717) is 11.3 Å². The molecule has 2 N–H and O–H groups in total. The van der Waals surface area contributed by atoms with Crippen molar-refractivity contribution in [2.75, 3.05) is 12.4 Å². The predicted molar refractivity (Wildman–Crippen MR) is 134 cm³/mol. The molecular formula is C27H35N3O4. The van der Waals surface area contributed by atoms with E-state index in [1.165, 1.54) is 6.42 Å². The van der Waals surface area contributed by atoms with E-state index in [4.69, 9.17) is 14.5 Å². The Morgan fingerprint density at radius 3 is 2.62 bits per heavy atom. The average molecular weight is 466 g/mol. The maximum absolute atomic E-state index is 11.4. The van der Waals surface area contributed by atoms with Gasteiger partial charge in [-0.3, -0.25) is 4.79 Å². The Bertz CT molecular complexity index is 1160. The third-order valence-electron chi connectivity index (χ3n) is 6.46. The zero-order valence-corrected chi connectivity index (χ0v) is 20.7. The van der Waals surface area contributed by atoms with Crippen molar-refractivity contribution in [1.82, 2.24) is 9.55 Å². The number of imidazole rings is 1. The molecule has 1 aliphatic carbocycles. The van der Waals surface area contributed by atoms with Gasteiger partial charge in [0.05, 0.1) is 30.7 Å². The summed E-state index contributed by atoms with van der Waals surface area (Å²) in [7, 11) is 1.58. The molecule has 0 saturated heterocycles. The topological polar surface area (TPSA) is 85.6 Å². The van der Waals surface area contributed by atoms with Crippen molar-refractivity contribution in [3.8, 4) is 11.5 Å². The lowest BCUT2D eigenvalue weighted by molar-refractivity contribution is -0.136. The maximum Gasteiger partial charge on any atom is 0.307 e. The zero-order valence-electron chi connectivity index (χ0n) is 20.7. The summed E-state index contributed by atoms with van der Waals surface area (Å²) in [4.78, 5) is 16.3. The van der Waals surface area contributed by atoms with Crippen LogP contribution in [-0.4, -0.2) is 33.8 Å². The van der Waals surface area contributed by atoms with E-state index in [9.17, 15) is 9.90 Å². The van der Waals surface area contributed by atoms with Gasteiger partial charge in [-0.25, -0.2) is 4.98 Å². The summed E-state index contributed by atoms with van der Waals surface area (Å²) in [5.74, 6) is 1.26. The number of carboxylic acid groups (broad SMARTS) is 1. The van der Waals surface area contributed by atoms with Crippen LogP contribution in [0.5, 0.6) is 11.5 Å². The second-order valence-corrected chi connectivity index (χ2v) is 10.3. The summed E-state index contributed by atoms with van der Waals surface area (Å²) in [5.41, 5.74) is 3.51. The fourth-order valence-corrected chi connectivity index (χ4v) is 5.01. The van der Waals surface area contributed by atoms with Crippen LogP contribution in [0, 0.1) is 5.41 Å². The molecule has 182 valence electrons. The van der Waals surface area contributed by atoms with Gasteiger partial charge in [0.25, 0.3) is 0 Å². The molecule has 34 heavy (non-hydrogen) atoms. The monoisotopic (exact) mass is 465 g/mol. The van der Waals surface area contributed by atoms with Crippen molar-refractivity contribution in [2.45, 2.75) is 71.9 Å². The van der Waals surface area contributed by atoms with Gasteiger partial charge in [0.15, 0.2) is 0 Å². The van der Waals surface area contributed by atoms with Gasteiger partial charge in [0.2, 0.25) is 5.95 Å². The summed E-state index contributed by atoms with van der Waals surface area (Å²) in [6, 6.07) is 11.9. The highest BCUT2D eigenvalue weighted by Crippen LogP contribution is 2.44. The Morgan fingerprint density at radius 2 is 2.00 bits per heavy atom. The first-order chi connectivity index (χ1) is 16.1. The average Bonchev–Trinajstić information content (AvgIpc) is 3.09. The molecule has 1 aliphatic rings. The van der Waals surface area contributed by atoms with Gasteiger partial charge < -0.3 is 24.5 Å². The summed E-state index contributed by atoms with van der Waals surface area (Å²) >= 11 is 0. The van der Waals surface area contributed by atoms with Gasteiger partial charge in [-0.15, -0.1) is 0 Å². The summed E-state index contributed by atoms with van der Waals surface area (Å²) in [6.45, 7) is 8.66. The minimum absolute atomic E-state index is 0.109. The number of rotatable bonds is 8. The highest BCUT2D eigenvalue weighted by Gasteiger charge is 2.31. The van der Waals surface area contributed by atoms with E-state index in [1.54, 1.807) is 7.11 Å². The highest BCUT2D eigenvalue weighted by atomic mass is 16.5. The van der Waals surface area contributed by atoms with Gasteiger partial charge in [0, 0.05) is 23.4 Å². The molecule has 3 aromatic rings. The number of ether oxygens (including phenoxy) is 2. The largest absolute Gasteiger partial charge is 0.496 e. The summed E-state index contributed by atoms with van der Waals surface area (Å²) in [5, 5.41) is 12.9. The van der Waals surface area contributed by atoms with E-state index >= 15 is 0 Å². The molecule has 1 atom stereocenters. The molecule has 0 amide bonds. The van der Waals surface area contributed by atoms with Crippen molar-refractivity contribution in [1.29, 1.82) is 0 Å². The quantitative estimate of drug-likeness (QED) is 0.403. The number of anilines is 2. The minimum atomic E-state index is -0.895. The number of benzene rings is 2. The molecule has 1 saturated carbocycles. The van der Waals surface area contributed by atoms with Crippen LogP contribution in [0.15, 0.2) is 36.4 Å². The molecule has 7 nitrogen and oxygen atoms in total. The standard InChI is InChI=1S/C27H35N3O4/c1-17(2)34-21-10-8-19(9-11-21)28-26-29-22-13-18(14-25(31)32)24(33-5)15-23(22)30(26)20-7-6-12-27(3,4)16-20/h8-11,13,15,17,20H,6-7,12,14,16H2,1-5H3,(H,28,29)(H,31,32). The number of nitrogens with zero attached hydrogens (tertiary/aromatic N) is 2. The van der Waals surface area contributed by atoms with Crippen LogP contribution < -0.4 is 14.8 Å². The highest BCUT2D eigenvalue weighted by molar-refractivity contribution is 5.84. The number of nitrogens with one attached hydrogen (secondary N) is 1. The van der Waals surface area contributed by atoms with Gasteiger partial charge in [0.1, 0.15) is 11.5 Å². The molecule has 1 fully saturated rings. The summed E-state index contributed by atoms with van der Waals surface area (Å²) in [6.07, 6.45) is 4.50. The van der Waals surface area contributed by atoms with Gasteiger partial charge >= 0.3 is 5.97 Å². The van der Waals surface area contributed by atoms with Crippen LogP contribution >= 0.6 is 0 Å². The third-order valence-corrected chi connectivity index (χ3v) is 6.46. The number of fused-ring (bicyclic) bond motifs is 1. The second kappa shape index (κ2) is 9.57. The minimum Gasteiger partial charge on any atom is -0.496 e. The van der Waals surface area contributed by atoms with Crippen molar-refractivity contribution in [3.63, 3.8) is 0 Å². The van der Waals surface area contributed by atoms with E-state index in [2.05, 4.69) is 23.7 Å². The number of carboxylic acids is 1. The lowest BCUT2D eigenvalue weighted by atomic mass is 9.75. The number of hydrogen-bond donors (Lipinski definition) is 2. The predicted octanol–water partition coefficient (Wildman–Crippen LogP) is 6.34. The van der Waals surface area contributed by atoms with E-state index in [-0.39, 0.29) is 24.0 Å². The summed E-state index contributed by atoms with van der Waals surface area (Å²) < 4.78 is 13.6. The molecule has 0 aliphatic heterocycles. The van der Waals surface area contributed by atoms with E-state index < -0.39 is 5.97 Å². The van der Waals surface area contributed by atoms with Crippen LogP contribution in [0.4, 0.5) is 11.6 Å². The normalized spacial score (nSPS) is 17.6. The molecule has 1 aromatic heterocycles. The molecule has 0 spiro atoms. The molecule has 1 unspecified atom stereocenters. The Morgan fingerprint density at radius 1 is 1.26 bits per heavy atom. The number of carbonyl (C=O) groups is 1. The number of aromatic nitrogens is 2. The first kappa shape index (κ1) is 23.9. The van der Waals surface area contributed by atoms with Gasteiger partial charge in [-0.1, -0.05) is 20.3 Å². The lowest BCUT2D eigenvalue weighted by Crippen LogP contribution is -2.25. The van der Waals surface area contributed by atoms with Gasteiger partial charge in [-0.2, -0.15) is 0 Å². The van der Waals surface area contributed by atoms with E-state index in [0.717, 1.165) is 47.7 Å². The SMILES string of the molecule is COc1cc2c(cc1CC(=O)O)nc(Nc1ccc(OC(C)C)cc1)n2C1CCCC(C)(C)C1. The molecular weight excluding hydrogens is 430 g/mol. The Hall–Kier alpha value is -3.22.